The van der Waals surface area contributed by atoms with Crippen molar-refractivity contribution in [2.75, 3.05) is 0 Å². The highest BCUT2D eigenvalue weighted by molar-refractivity contribution is 5.95. The number of rotatable bonds is 15. The standard InChI is InChI=1S/C22H30N4O11/c1-10(27)18(22(36)37)26-21(35)15(9-17(31)32)25-20(34)14(6-7-16(29)30)24-19(33)13(23)8-11-2-4-12(28)5-3-11/h2-5,10,13-15,18,27-28H,6-9,23H2,1H3,(H,24,33)(H,25,34)(H,26,35)(H,29,30)(H,31,32)(H,36,37). The molecule has 204 valence electrons. The van der Waals surface area contributed by atoms with E-state index in [1.54, 1.807) is 0 Å². The van der Waals surface area contributed by atoms with E-state index < -0.39 is 85.2 Å². The summed E-state index contributed by atoms with van der Waals surface area (Å²) >= 11 is 0. The number of hydrogen-bond donors (Lipinski definition) is 9. The third-order valence-electron chi connectivity index (χ3n) is 5.07. The van der Waals surface area contributed by atoms with Gasteiger partial charge in [0.15, 0.2) is 6.04 Å². The van der Waals surface area contributed by atoms with Gasteiger partial charge < -0.3 is 47.2 Å². The molecule has 1 aromatic rings. The van der Waals surface area contributed by atoms with Gasteiger partial charge in [0, 0.05) is 6.42 Å². The number of amides is 3. The number of nitrogens with two attached hydrogens (primary N) is 1. The highest BCUT2D eigenvalue weighted by atomic mass is 16.4. The lowest BCUT2D eigenvalue weighted by Gasteiger charge is -2.25. The molecule has 0 saturated heterocycles. The van der Waals surface area contributed by atoms with Crippen LogP contribution in [-0.2, 0) is 35.2 Å². The number of aliphatic carboxylic acids is 3. The monoisotopic (exact) mass is 526 g/mol. The summed E-state index contributed by atoms with van der Waals surface area (Å²) in [5.74, 6) is -7.66. The second kappa shape index (κ2) is 14.4. The summed E-state index contributed by atoms with van der Waals surface area (Å²) in [6, 6.07) is -0.558. The van der Waals surface area contributed by atoms with Crippen LogP contribution in [0.4, 0.5) is 0 Å². The normalized spacial score (nSPS) is 14.8. The van der Waals surface area contributed by atoms with Crippen molar-refractivity contribution in [2.24, 2.45) is 5.73 Å². The SMILES string of the molecule is CC(O)C(NC(=O)C(CC(=O)O)NC(=O)C(CCC(=O)O)NC(=O)C(N)Cc1ccc(O)cc1)C(=O)O. The Labute approximate surface area is 210 Å². The van der Waals surface area contributed by atoms with Crippen LogP contribution in [0.3, 0.4) is 0 Å². The minimum absolute atomic E-state index is 0.000646. The maximum Gasteiger partial charge on any atom is 0.328 e. The van der Waals surface area contributed by atoms with Crippen molar-refractivity contribution in [1.29, 1.82) is 0 Å². The van der Waals surface area contributed by atoms with Gasteiger partial charge in [0.1, 0.15) is 17.8 Å². The summed E-state index contributed by atoms with van der Waals surface area (Å²) in [4.78, 5) is 71.4. The number of carboxylic acid groups (broad SMARTS) is 3. The molecule has 1 aromatic carbocycles. The zero-order valence-electron chi connectivity index (χ0n) is 19.8. The molecule has 0 bridgehead atoms. The van der Waals surface area contributed by atoms with Gasteiger partial charge in [-0.1, -0.05) is 12.1 Å². The molecule has 37 heavy (non-hydrogen) atoms. The maximum atomic E-state index is 12.8. The number of aliphatic hydroxyl groups is 1. The topological polar surface area (TPSA) is 266 Å². The van der Waals surface area contributed by atoms with Crippen LogP contribution in [0.2, 0.25) is 0 Å². The van der Waals surface area contributed by atoms with Gasteiger partial charge in [-0.25, -0.2) is 4.79 Å². The Morgan fingerprint density at radius 3 is 1.86 bits per heavy atom. The Morgan fingerprint density at radius 1 is 0.838 bits per heavy atom. The average molecular weight is 526 g/mol. The first kappa shape index (κ1) is 30.8. The molecule has 0 aliphatic heterocycles. The Balaban J connectivity index is 3.01. The molecule has 0 fully saturated rings. The van der Waals surface area contributed by atoms with Crippen LogP contribution < -0.4 is 21.7 Å². The van der Waals surface area contributed by atoms with Crippen molar-refractivity contribution in [3.05, 3.63) is 29.8 Å². The van der Waals surface area contributed by atoms with E-state index in [0.717, 1.165) is 6.92 Å². The lowest BCUT2D eigenvalue weighted by Crippen LogP contribution is -2.58. The fourth-order valence-corrected chi connectivity index (χ4v) is 3.09. The molecule has 0 aliphatic rings. The number of phenols is 1. The first-order valence-corrected chi connectivity index (χ1v) is 11.0. The maximum absolute atomic E-state index is 12.8. The molecule has 0 spiro atoms. The molecule has 0 aromatic heterocycles. The molecule has 1 rings (SSSR count). The van der Waals surface area contributed by atoms with Crippen molar-refractivity contribution in [3.63, 3.8) is 0 Å². The number of benzene rings is 1. The van der Waals surface area contributed by atoms with E-state index >= 15 is 0 Å². The van der Waals surface area contributed by atoms with Gasteiger partial charge in [0.05, 0.1) is 18.6 Å². The molecule has 10 N–H and O–H groups in total. The van der Waals surface area contributed by atoms with Crippen LogP contribution in [0.15, 0.2) is 24.3 Å². The first-order valence-electron chi connectivity index (χ1n) is 11.0. The number of carbonyl (C=O) groups is 6. The second-order valence-corrected chi connectivity index (χ2v) is 8.19. The number of aromatic hydroxyl groups is 1. The molecular weight excluding hydrogens is 496 g/mol. The van der Waals surface area contributed by atoms with Gasteiger partial charge in [-0.3, -0.25) is 24.0 Å². The largest absolute Gasteiger partial charge is 0.508 e. The van der Waals surface area contributed by atoms with E-state index in [0.29, 0.717) is 5.56 Å². The van der Waals surface area contributed by atoms with Crippen LogP contribution in [0.5, 0.6) is 5.75 Å². The average Bonchev–Trinajstić information content (AvgIpc) is 2.79. The van der Waals surface area contributed by atoms with E-state index in [4.69, 9.17) is 21.1 Å². The van der Waals surface area contributed by atoms with Crippen molar-refractivity contribution in [1.82, 2.24) is 16.0 Å². The zero-order valence-corrected chi connectivity index (χ0v) is 19.8. The highest BCUT2D eigenvalue weighted by Gasteiger charge is 2.33. The van der Waals surface area contributed by atoms with Crippen molar-refractivity contribution < 1.29 is 54.3 Å². The number of nitrogens with one attached hydrogen (secondary N) is 3. The van der Waals surface area contributed by atoms with E-state index in [-0.39, 0.29) is 12.2 Å². The molecular formula is C22H30N4O11. The van der Waals surface area contributed by atoms with Gasteiger partial charge in [0.25, 0.3) is 0 Å². The minimum atomic E-state index is -1.82. The quantitative estimate of drug-likeness (QED) is 0.115. The van der Waals surface area contributed by atoms with Crippen LogP contribution >= 0.6 is 0 Å². The lowest BCUT2D eigenvalue weighted by molar-refractivity contribution is -0.146. The number of aliphatic hydroxyl groups excluding tert-OH is 1. The number of hydrogen-bond acceptors (Lipinski definition) is 9. The van der Waals surface area contributed by atoms with E-state index in [9.17, 15) is 39.0 Å². The van der Waals surface area contributed by atoms with Gasteiger partial charge in [-0.2, -0.15) is 0 Å². The highest BCUT2D eigenvalue weighted by Crippen LogP contribution is 2.11. The predicted octanol–water partition coefficient (Wildman–Crippen LogP) is -2.48. The zero-order chi connectivity index (χ0) is 28.3. The molecule has 5 atom stereocenters. The molecule has 15 nitrogen and oxygen atoms in total. The Kier molecular flexibility index (Phi) is 11.9. The predicted molar refractivity (Wildman–Crippen MR) is 124 cm³/mol. The first-order chi connectivity index (χ1) is 17.2. The lowest BCUT2D eigenvalue weighted by atomic mass is 10.0. The van der Waals surface area contributed by atoms with E-state index in [2.05, 4.69) is 10.6 Å². The van der Waals surface area contributed by atoms with Crippen LogP contribution in [-0.4, -0.2) is 91.4 Å². The number of carboxylic acids is 3. The van der Waals surface area contributed by atoms with Crippen molar-refractivity contribution in [2.45, 2.75) is 62.9 Å². The summed E-state index contributed by atoms with van der Waals surface area (Å²) in [5, 5.41) is 52.4. The van der Waals surface area contributed by atoms with Gasteiger partial charge >= 0.3 is 17.9 Å². The molecule has 0 aliphatic carbocycles. The molecule has 0 radical (unpaired) electrons. The molecule has 15 heteroatoms. The smallest absolute Gasteiger partial charge is 0.328 e. The molecule has 0 saturated carbocycles. The summed E-state index contributed by atoms with van der Waals surface area (Å²) in [6.45, 7) is 1.07. The molecule has 5 unspecified atom stereocenters. The summed E-state index contributed by atoms with van der Waals surface area (Å²) < 4.78 is 0. The third-order valence-corrected chi connectivity index (χ3v) is 5.07. The fraction of sp³-hybridized carbons (Fsp3) is 0.455. The second-order valence-electron chi connectivity index (χ2n) is 8.19. The molecule has 3 amide bonds. The summed E-state index contributed by atoms with van der Waals surface area (Å²) in [5.41, 5.74) is 6.45. The van der Waals surface area contributed by atoms with Crippen molar-refractivity contribution in [3.8, 4) is 5.75 Å². The molecule has 0 heterocycles. The minimum Gasteiger partial charge on any atom is -0.508 e. The van der Waals surface area contributed by atoms with E-state index in [1.807, 2.05) is 5.32 Å². The summed E-state index contributed by atoms with van der Waals surface area (Å²) in [6.07, 6.45) is -3.56. The Morgan fingerprint density at radius 2 is 1.38 bits per heavy atom. The Hall–Kier alpha value is -4.24. The van der Waals surface area contributed by atoms with Crippen LogP contribution in [0, 0.1) is 0 Å². The van der Waals surface area contributed by atoms with Gasteiger partial charge in [0.2, 0.25) is 17.7 Å². The van der Waals surface area contributed by atoms with Crippen LogP contribution in [0.25, 0.3) is 0 Å². The van der Waals surface area contributed by atoms with E-state index in [1.165, 1.54) is 24.3 Å². The van der Waals surface area contributed by atoms with Crippen LogP contribution in [0.1, 0.15) is 31.7 Å². The number of carbonyl (C=O) groups excluding carboxylic acids is 3. The summed E-state index contributed by atoms with van der Waals surface area (Å²) in [7, 11) is 0. The number of phenolic OH excluding ortho intramolecular Hbond substituents is 1. The third kappa shape index (κ3) is 10.9. The Bertz CT molecular complexity index is 997. The van der Waals surface area contributed by atoms with Gasteiger partial charge in [-0.15, -0.1) is 0 Å². The van der Waals surface area contributed by atoms with Crippen molar-refractivity contribution >= 4 is 35.6 Å². The van der Waals surface area contributed by atoms with Gasteiger partial charge in [-0.05, 0) is 37.5 Å². The fourth-order valence-electron chi connectivity index (χ4n) is 3.09.